The molecule has 0 saturated heterocycles. The van der Waals surface area contributed by atoms with Crippen molar-refractivity contribution in [3.8, 4) is 0 Å². The SMILES string of the molecule is C=C(C)C(=O)OCC(C)C[Si](C)(C)Cl. The molecule has 4 heteroatoms. The summed E-state index contributed by atoms with van der Waals surface area (Å²) in [7, 11) is -1.56. The van der Waals surface area contributed by atoms with Gasteiger partial charge in [-0.15, -0.1) is 0 Å². The molecule has 0 heterocycles. The van der Waals surface area contributed by atoms with Crippen LogP contribution in [-0.4, -0.2) is 20.0 Å². The van der Waals surface area contributed by atoms with Crippen LogP contribution in [0.3, 0.4) is 0 Å². The van der Waals surface area contributed by atoms with E-state index in [0.717, 1.165) is 6.04 Å². The van der Waals surface area contributed by atoms with E-state index in [2.05, 4.69) is 19.7 Å². The Morgan fingerprint density at radius 1 is 1.57 bits per heavy atom. The van der Waals surface area contributed by atoms with E-state index in [1.807, 2.05) is 6.92 Å². The normalized spacial score (nSPS) is 13.5. The molecule has 0 fully saturated rings. The number of carbonyl (C=O) groups is 1. The van der Waals surface area contributed by atoms with Crippen LogP contribution in [0.2, 0.25) is 19.1 Å². The quantitative estimate of drug-likeness (QED) is 0.316. The van der Waals surface area contributed by atoms with E-state index in [9.17, 15) is 4.79 Å². The van der Waals surface area contributed by atoms with E-state index in [-0.39, 0.29) is 5.97 Å². The van der Waals surface area contributed by atoms with Gasteiger partial charge in [0, 0.05) is 5.57 Å². The molecule has 0 aliphatic heterocycles. The molecular formula is C10H19ClO2Si. The maximum atomic E-state index is 11.1. The smallest absolute Gasteiger partial charge is 0.333 e. The standard InChI is InChI=1S/C10H19ClO2Si/c1-8(2)10(12)13-6-9(3)7-14(4,5)11/h9H,1,6-7H2,2-5H3. The molecule has 0 aromatic carbocycles. The molecule has 1 unspecified atom stereocenters. The van der Waals surface area contributed by atoms with Crippen LogP contribution in [0.5, 0.6) is 0 Å². The van der Waals surface area contributed by atoms with Crippen molar-refractivity contribution >= 4 is 24.4 Å². The fourth-order valence-electron chi connectivity index (χ4n) is 1.23. The maximum absolute atomic E-state index is 11.1. The van der Waals surface area contributed by atoms with Crippen molar-refractivity contribution < 1.29 is 9.53 Å². The Labute approximate surface area is 92.0 Å². The minimum absolute atomic E-state index is 0.314. The number of hydrogen-bond donors (Lipinski definition) is 0. The zero-order valence-electron chi connectivity index (χ0n) is 9.39. The zero-order valence-corrected chi connectivity index (χ0v) is 11.1. The molecule has 14 heavy (non-hydrogen) atoms. The molecule has 0 aliphatic rings. The summed E-state index contributed by atoms with van der Waals surface area (Å²) in [6.45, 7) is 11.8. The van der Waals surface area contributed by atoms with Crippen LogP contribution >= 0.6 is 11.1 Å². The lowest BCUT2D eigenvalue weighted by atomic mass is 10.2. The highest BCUT2D eigenvalue weighted by molar-refractivity contribution is 7.19. The molecule has 0 aromatic heterocycles. The first-order valence-corrected chi connectivity index (χ1v) is 8.96. The number of esters is 1. The minimum atomic E-state index is -1.56. The highest BCUT2D eigenvalue weighted by Gasteiger charge is 2.21. The van der Waals surface area contributed by atoms with Crippen molar-refractivity contribution in [3.05, 3.63) is 12.2 Å². The minimum Gasteiger partial charge on any atom is -0.462 e. The Balaban J connectivity index is 3.80. The van der Waals surface area contributed by atoms with Gasteiger partial charge in [0.2, 0.25) is 0 Å². The predicted molar refractivity (Wildman–Crippen MR) is 63.1 cm³/mol. The molecular weight excluding hydrogens is 216 g/mol. The monoisotopic (exact) mass is 234 g/mol. The summed E-state index contributed by atoms with van der Waals surface area (Å²) >= 11 is 6.19. The topological polar surface area (TPSA) is 26.3 Å². The lowest BCUT2D eigenvalue weighted by molar-refractivity contribution is -0.139. The molecule has 0 radical (unpaired) electrons. The van der Waals surface area contributed by atoms with E-state index >= 15 is 0 Å². The lowest BCUT2D eigenvalue weighted by Gasteiger charge is -2.18. The number of carbonyl (C=O) groups excluding carboxylic acids is 1. The van der Waals surface area contributed by atoms with E-state index in [1.165, 1.54) is 0 Å². The Morgan fingerprint density at radius 2 is 2.07 bits per heavy atom. The summed E-state index contributed by atoms with van der Waals surface area (Å²) in [5.41, 5.74) is 0.444. The molecule has 2 nitrogen and oxygen atoms in total. The van der Waals surface area contributed by atoms with Gasteiger partial charge in [-0.2, -0.15) is 11.1 Å². The van der Waals surface area contributed by atoms with Crippen molar-refractivity contribution in [2.45, 2.75) is 33.0 Å². The summed E-state index contributed by atoms with van der Waals surface area (Å²) in [6.07, 6.45) is 0. The fourth-order valence-corrected chi connectivity index (χ4v) is 3.79. The van der Waals surface area contributed by atoms with Crippen LogP contribution in [-0.2, 0) is 9.53 Å². The van der Waals surface area contributed by atoms with Gasteiger partial charge in [0.25, 0.3) is 0 Å². The van der Waals surface area contributed by atoms with Crippen LogP contribution in [0.15, 0.2) is 12.2 Å². The number of halogens is 1. The summed E-state index contributed by atoms with van der Waals surface area (Å²) < 4.78 is 5.04. The van der Waals surface area contributed by atoms with Gasteiger partial charge in [-0.05, 0) is 18.9 Å². The van der Waals surface area contributed by atoms with Crippen molar-refractivity contribution in [3.63, 3.8) is 0 Å². The molecule has 82 valence electrons. The summed E-state index contributed by atoms with van der Waals surface area (Å²) in [5, 5.41) is 0. The molecule has 0 rings (SSSR count). The number of ether oxygens (including phenoxy) is 1. The Bertz CT molecular complexity index is 221. The largest absolute Gasteiger partial charge is 0.462 e. The maximum Gasteiger partial charge on any atom is 0.333 e. The lowest BCUT2D eigenvalue weighted by Crippen LogP contribution is -2.23. The summed E-state index contributed by atoms with van der Waals surface area (Å²) in [4.78, 5) is 11.1. The molecule has 0 N–H and O–H groups in total. The van der Waals surface area contributed by atoms with E-state index < -0.39 is 7.38 Å². The van der Waals surface area contributed by atoms with Crippen molar-refractivity contribution in [1.82, 2.24) is 0 Å². The fraction of sp³-hybridized carbons (Fsp3) is 0.700. The third-order valence-corrected chi connectivity index (χ3v) is 3.81. The highest BCUT2D eigenvalue weighted by Crippen LogP contribution is 2.20. The van der Waals surface area contributed by atoms with Crippen molar-refractivity contribution in [2.75, 3.05) is 6.61 Å². The second-order valence-corrected chi connectivity index (χ2v) is 11.3. The average Bonchev–Trinajstić information content (AvgIpc) is 1.96. The Morgan fingerprint density at radius 3 is 2.43 bits per heavy atom. The molecule has 0 saturated carbocycles. The van der Waals surface area contributed by atoms with Gasteiger partial charge in [-0.3, -0.25) is 0 Å². The molecule has 0 spiro atoms. The molecule has 0 bridgehead atoms. The van der Waals surface area contributed by atoms with Crippen LogP contribution in [0.1, 0.15) is 13.8 Å². The number of hydrogen-bond acceptors (Lipinski definition) is 2. The van der Waals surface area contributed by atoms with Gasteiger partial charge in [-0.25, -0.2) is 4.79 Å². The van der Waals surface area contributed by atoms with Crippen LogP contribution in [0.25, 0.3) is 0 Å². The first-order chi connectivity index (χ1) is 6.22. The molecule has 0 aliphatic carbocycles. The van der Waals surface area contributed by atoms with Crippen LogP contribution < -0.4 is 0 Å². The van der Waals surface area contributed by atoms with Gasteiger partial charge in [-0.1, -0.05) is 26.6 Å². The highest BCUT2D eigenvalue weighted by atomic mass is 35.6. The van der Waals surface area contributed by atoms with Crippen molar-refractivity contribution in [2.24, 2.45) is 5.92 Å². The summed E-state index contributed by atoms with van der Waals surface area (Å²) in [6, 6.07) is 0.956. The first kappa shape index (κ1) is 13.7. The molecule has 0 aromatic rings. The molecule has 0 amide bonds. The third kappa shape index (κ3) is 7.15. The average molecular weight is 235 g/mol. The van der Waals surface area contributed by atoms with E-state index in [1.54, 1.807) is 6.92 Å². The van der Waals surface area contributed by atoms with Gasteiger partial charge < -0.3 is 4.74 Å². The first-order valence-electron chi connectivity index (χ1n) is 4.74. The Kier molecular flexibility index (Phi) is 5.45. The van der Waals surface area contributed by atoms with Crippen LogP contribution in [0, 0.1) is 5.92 Å². The second-order valence-electron chi connectivity index (χ2n) is 4.41. The van der Waals surface area contributed by atoms with Gasteiger partial charge >= 0.3 is 5.97 Å². The third-order valence-electron chi connectivity index (χ3n) is 1.68. The predicted octanol–water partition coefficient (Wildman–Crippen LogP) is 3.19. The summed E-state index contributed by atoms with van der Waals surface area (Å²) in [5.74, 6) is 0.0170. The van der Waals surface area contributed by atoms with E-state index in [4.69, 9.17) is 15.8 Å². The van der Waals surface area contributed by atoms with E-state index in [0.29, 0.717) is 18.1 Å². The second kappa shape index (κ2) is 5.56. The van der Waals surface area contributed by atoms with Crippen molar-refractivity contribution in [1.29, 1.82) is 0 Å². The Hall–Kier alpha value is -0.283. The number of rotatable bonds is 5. The van der Waals surface area contributed by atoms with Gasteiger partial charge in [0.05, 0.1) is 6.61 Å². The zero-order chi connectivity index (χ0) is 11.4. The van der Waals surface area contributed by atoms with Gasteiger partial charge in [0.15, 0.2) is 7.38 Å². The molecule has 1 atom stereocenters. The van der Waals surface area contributed by atoms with Gasteiger partial charge in [0.1, 0.15) is 0 Å². The van der Waals surface area contributed by atoms with Crippen LogP contribution in [0.4, 0.5) is 0 Å².